The number of likely N-dealkylation sites (tertiary alicyclic amines) is 1. The van der Waals surface area contributed by atoms with Gasteiger partial charge in [0.1, 0.15) is 11.8 Å². The van der Waals surface area contributed by atoms with E-state index in [1.807, 2.05) is 80.6 Å². The number of nitrogens with zero attached hydrogens (tertiary/aromatic N) is 2. The molecule has 5 rings (SSSR count). The summed E-state index contributed by atoms with van der Waals surface area (Å²) in [5, 5.41) is 2.98. The van der Waals surface area contributed by atoms with Crippen LogP contribution in [0.4, 0.5) is 0 Å². The second kappa shape index (κ2) is 10.8. The first-order chi connectivity index (χ1) is 18.4. The molecule has 7 nitrogen and oxygen atoms in total. The molecule has 3 amide bonds. The molecule has 0 aliphatic carbocycles. The molecule has 1 N–H and O–H groups in total. The van der Waals surface area contributed by atoms with Crippen molar-refractivity contribution in [2.24, 2.45) is 0 Å². The van der Waals surface area contributed by atoms with E-state index in [1.54, 1.807) is 21.9 Å². The van der Waals surface area contributed by atoms with Crippen LogP contribution in [0.15, 0.2) is 78.9 Å². The minimum Gasteiger partial charge on any atom is -0.353 e. The smallest absolute Gasteiger partial charge is 0.256 e. The van der Waals surface area contributed by atoms with Crippen molar-refractivity contribution in [3.8, 4) is 0 Å². The average Bonchev–Trinajstić information content (AvgIpc) is 3.31. The molecule has 2 aliphatic heterocycles. The van der Waals surface area contributed by atoms with Crippen molar-refractivity contribution < 1.29 is 19.1 Å². The number of carbonyl (C=O) groups excluding carboxylic acids is 3. The van der Waals surface area contributed by atoms with Crippen LogP contribution in [0.5, 0.6) is 0 Å². The molecule has 1 spiro atoms. The van der Waals surface area contributed by atoms with Crippen molar-refractivity contribution >= 4 is 17.7 Å². The van der Waals surface area contributed by atoms with Crippen LogP contribution >= 0.6 is 0 Å². The van der Waals surface area contributed by atoms with Gasteiger partial charge in [-0.3, -0.25) is 19.3 Å². The van der Waals surface area contributed by atoms with Crippen LogP contribution in [0, 0.1) is 13.8 Å². The summed E-state index contributed by atoms with van der Waals surface area (Å²) in [6, 6.07) is 23.8. The fraction of sp³-hybridized carbons (Fsp3) is 0.323. The fourth-order valence-corrected chi connectivity index (χ4v) is 5.24. The summed E-state index contributed by atoms with van der Waals surface area (Å²) in [6.07, 6.45) is 0.870. The Hall–Kier alpha value is -3.97. The van der Waals surface area contributed by atoms with Crippen LogP contribution in [0.2, 0.25) is 0 Å². The zero-order valence-electron chi connectivity index (χ0n) is 21.9. The van der Waals surface area contributed by atoms with E-state index in [0.29, 0.717) is 43.6 Å². The van der Waals surface area contributed by atoms with Gasteiger partial charge in [0.05, 0.1) is 6.61 Å². The Morgan fingerprint density at radius 1 is 0.816 bits per heavy atom. The van der Waals surface area contributed by atoms with Crippen LogP contribution in [0.25, 0.3) is 0 Å². The van der Waals surface area contributed by atoms with Crippen molar-refractivity contribution in [1.82, 2.24) is 15.1 Å². The summed E-state index contributed by atoms with van der Waals surface area (Å²) >= 11 is 0. The molecule has 0 bridgehead atoms. The third-order valence-electron chi connectivity index (χ3n) is 7.52. The average molecular weight is 512 g/mol. The van der Waals surface area contributed by atoms with Gasteiger partial charge in [0, 0.05) is 43.6 Å². The highest BCUT2D eigenvalue weighted by atomic mass is 16.5. The van der Waals surface area contributed by atoms with E-state index in [0.717, 1.165) is 16.7 Å². The van der Waals surface area contributed by atoms with Gasteiger partial charge in [0.25, 0.3) is 11.8 Å². The molecular formula is C31H33N3O4. The third kappa shape index (κ3) is 5.20. The first kappa shape index (κ1) is 25.7. The number of hydrogen-bond acceptors (Lipinski definition) is 4. The SMILES string of the molecule is Cc1ccc(C(=O)N2CCC3(CC2)OC[C@@H](C(=O)NCc2ccccc2)N3C(=O)c2ccc(C)cc2)cc1. The summed E-state index contributed by atoms with van der Waals surface area (Å²) < 4.78 is 6.30. The Balaban J connectivity index is 1.36. The van der Waals surface area contributed by atoms with Crippen molar-refractivity contribution in [3.05, 3.63) is 107 Å². The normalized spacial score (nSPS) is 18.4. The Kier molecular flexibility index (Phi) is 7.29. The van der Waals surface area contributed by atoms with Crippen LogP contribution in [0.3, 0.4) is 0 Å². The van der Waals surface area contributed by atoms with Crippen LogP contribution < -0.4 is 5.32 Å². The molecule has 0 unspecified atom stereocenters. The van der Waals surface area contributed by atoms with Crippen molar-refractivity contribution in [1.29, 1.82) is 0 Å². The molecular weight excluding hydrogens is 478 g/mol. The highest BCUT2D eigenvalue weighted by Gasteiger charge is 2.54. The lowest BCUT2D eigenvalue weighted by molar-refractivity contribution is -0.128. The van der Waals surface area contributed by atoms with Gasteiger partial charge >= 0.3 is 0 Å². The molecule has 0 radical (unpaired) electrons. The standard InChI is InChI=1S/C31H33N3O4/c1-22-8-12-25(13-9-22)29(36)33-18-16-31(17-19-33)34(30(37)26-14-10-23(2)11-15-26)27(21-38-31)28(35)32-20-24-6-4-3-5-7-24/h3-15,27H,16-21H2,1-2H3,(H,32,35)/t27-/m0/s1. The van der Waals surface area contributed by atoms with Crippen LogP contribution in [0.1, 0.15) is 50.2 Å². The number of rotatable bonds is 5. The predicted molar refractivity (Wildman–Crippen MR) is 144 cm³/mol. The number of ether oxygens (including phenoxy) is 1. The predicted octanol–water partition coefficient (Wildman–Crippen LogP) is 4.09. The number of nitrogens with one attached hydrogen (secondary N) is 1. The molecule has 3 aromatic carbocycles. The van der Waals surface area contributed by atoms with E-state index in [1.165, 1.54) is 0 Å². The van der Waals surface area contributed by atoms with Crippen molar-refractivity contribution in [3.63, 3.8) is 0 Å². The van der Waals surface area contributed by atoms with Gasteiger partial charge in [-0.15, -0.1) is 0 Å². The minimum absolute atomic E-state index is 0.0357. The van der Waals surface area contributed by atoms with E-state index in [9.17, 15) is 14.4 Å². The minimum atomic E-state index is -0.944. The molecule has 2 saturated heterocycles. The maximum Gasteiger partial charge on any atom is 0.256 e. The van der Waals surface area contributed by atoms with Crippen LogP contribution in [-0.2, 0) is 16.1 Å². The zero-order chi connectivity index (χ0) is 26.7. The summed E-state index contributed by atoms with van der Waals surface area (Å²) in [5.41, 5.74) is 3.34. The summed E-state index contributed by atoms with van der Waals surface area (Å²) in [7, 11) is 0. The number of carbonyl (C=O) groups is 3. The fourth-order valence-electron chi connectivity index (χ4n) is 5.24. The molecule has 2 heterocycles. The number of piperidine rings is 1. The van der Waals surface area contributed by atoms with Gasteiger partial charge < -0.3 is 15.0 Å². The molecule has 0 aromatic heterocycles. The number of amides is 3. The maximum atomic E-state index is 13.9. The van der Waals surface area contributed by atoms with Crippen molar-refractivity contribution in [2.45, 2.75) is 45.0 Å². The second-order valence-corrected chi connectivity index (χ2v) is 10.2. The van der Waals surface area contributed by atoms with Gasteiger partial charge in [0.2, 0.25) is 5.91 Å². The second-order valence-electron chi connectivity index (χ2n) is 10.2. The molecule has 2 aliphatic rings. The summed E-state index contributed by atoms with van der Waals surface area (Å²) in [4.78, 5) is 43.8. The quantitative estimate of drug-likeness (QED) is 0.560. The molecule has 7 heteroatoms. The molecule has 196 valence electrons. The van der Waals surface area contributed by atoms with Gasteiger partial charge in [-0.1, -0.05) is 65.7 Å². The molecule has 1 atom stereocenters. The molecule has 3 aromatic rings. The molecule has 38 heavy (non-hydrogen) atoms. The van der Waals surface area contributed by atoms with E-state index in [4.69, 9.17) is 4.74 Å². The first-order valence-electron chi connectivity index (χ1n) is 13.1. The summed E-state index contributed by atoms with van der Waals surface area (Å²) in [5.74, 6) is -0.517. The third-order valence-corrected chi connectivity index (χ3v) is 7.52. The van der Waals surface area contributed by atoms with E-state index < -0.39 is 11.8 Å². The number of benzene rings is 3. The molecule has 2 fully saturated rings. The highest BCUT2D eigenvalue weighted by molar-refractivity contribution is 5.98. The Bertz CT molecular complexity index is 1300. The van der Waals surface area contributed by atoms with E-state index >= 15 is 0 Å². The monoisotopic (exact) mass is 511 g/mol. The maximum absolute atomic E-state index is 13.9. The Morgan fingerprint density at radius 3 is 1.95 bits per heavy atom. The Labute approximate surface area is 223 Å². The van der Waals surface area contributed by atoms with Crippen molar-refractivity contribution in [2.75, 3.05) is 19.7 Å². The largest absolute Gasteiger partial charge is 0.353 e. The van der Waals surface area contributed by atoms with Gasteiger partial charge in [0.15, 0.2) is 0 Å². The van der Waals surface area contributed by atoms with E-state index in [-0.39, 0.29) is 24.3 Å². The Morgan fingerprint density at radius 2 is 1.37 bits per heavy atom. The van der Waals surface area contributed by atoms with E-state index in [2.05, 4.69) is 5.32 Å². The lowest BCUT2D eigenvalue weighted by Crippen LogP contribution is -2.59. The highest BCUT2D eigenvalue weighted by Crippen LogP contribution is 2.39. The number of aryl methyl sites for hydroxylation is 2. The lowest BCUT2D eigenvalue weighted by atomic mass is 9.95. The van der Waals surface area contributed by atoms with Crippen LogP contribution in [-0.4, -0.2) is 59.0 Å². The van der Waals surface area contributed by atoms with Gasteiger partial charge in [-0.2, -0.15) is 0 Å². The van der Waals surface area contributed by atoms with Gasteiger partial charge in [-0.25, -0.2) is 0 Å². The number of hydrogen-bond donors (Lipinski definition) is 1. The topological polar surface area (TPSA) is 79.0 Å². The first-order valence-corrected chi connectivity index (χ1v) is 13.1. The zero-order valence-corrected chi connectivity index (χ0v) is 21.9. The summed E-state index contributed by atoms with van der Waals surface area (Å²) in [6.45, 7) is 5.31. The molecule has 0 saturated carbocycles. The van der Waals surface area contributed by atoms with Gasteiger partial charge in [-0.05, 0) is 43.7 Å². The lowest BCUT2D eigenvalue weighted by Gasteiger charge is -2.44.